The molecule has 0 aromatic carbocycles. The molecule has 1 aliphatic carbocycles. The van der Waals surface area contributed by atoms with Crippen LogP contribution in [0.1, 0.15) is 27.7 Å². The molecule has 1 fully saturated rings. The number of nitrogens with one attached hydrogen (secondary N) is 1. The van der Waals surface area contributed by atoms with Crippen LogP contribution in [0.5, 0.6) is 0 Å². The number of rotatable bonds is 5. The average Bonchev–Trinajstić information content (AvgIpc) is 2.59. The molecule has 15 heavy (non-hydrogen) atoms. The molecule has 0 bridgehead atoms. The maximum atomic E-state index is 3.23. The van der Waals surface area contributed by atoms with E-state index < -0.39 is 0 Å². The lowest BCUT2D eigenvalue weighted by Gasteiger charge is -2.34. The highest BCUT2D eigenvalue weighted by Gasteiger charge is 2.30. The SMILES string of the molecule is CN[C]1[CH][CH][CH][C]1CN(C(C)C)C(C)C. The minimum atomic E-state index is 0.588. The van der Waals surface area contributed by atoms with Crippen LogP contribution in [0.2, 0.25) is 0 Å². The molecule has 2 nitrogen and oxygen atoms in total. The molecule has 0 aromatic rings. The molecule has 85 valence electrons. The van der Waals surface area contributed by atoms with Crippen LogP contribution >= 0.6 is 0 Å². The minimum Gasteiger partial charge on any atom is -0.312 e. The maximum Gasteiger partial charge on any atom is 0.0484 e. The lowest BCUT2D eigenvalue weighted by Crippen LogP contribution is -2.41. The molecule has 0 saturated heterocycles. The molecular formula is C13H23N2. The van der Waals surface area contributed by atoms with E-state index in [1.807, 2.05) is 7.05 Å². The topological polar surface area (TPSA) is 15.3 Å². The second-order valence-electron chi connectivity index (χ2n) is 4.57. The second kappa shape index (κ2) is 5.86. The van der Waals surface area contributed by atoms with Gasteiger partial charge >= 0.3 is 0 Å². The van der Waals surface area contributed by atoms with Gasteiger partial charge in [-0.05, 0) is 54.0 Å². The highest BCUT2D eigenvalue weighted by Crippen LogP contribution is 2.32. The van der Waals surface area contributed by atoms with E-state index in [4.69, 9.17) is 0 Å². The van der Waals surface area contributed by atoms with Crippen LogP contribution < -0.4 is 5.32 Å². The number of hydrogen-bond acceptors (Lipinski definition) is 2. The van der Waals surface area contributed by atoms with Crippen LogP contribution in [-0.2, 0) is 0 Å². The van der Waals surface area contributed by atoms with Crippen molar-refractivity contribution in [1.29, 1.82) is 0 Å². The summed E-state index contributed by atoms with van der Waals surface area (Å²) >= 11 is 0. The second-order valence-corrected chi connectivity index (χ2v) is 4.57. The third-order valence-corrected chi connectivity index (χ3v) is 2.86. The molecule has 1 saturated carbocycles. The van der Waals surface area contributed by atoms with Gasteiger partial charge < -0.3 is 5.32 Å². The van der Waals surface area contributed by atoms with E-state index in [1.165, 1.54) is 12.0 Å². The first-order valence-corrected chi connectivity index (χ1v) is 5.74. The summed E-state index contributed by atoms with van der Waals surface area (Å²) in [6, 6.07) is 2.43. The Morgan fingerprint density at radius 1 is 1.13 bits per heavy atom. The molecule has 1 N–H and O–H groups in total. The highest BCUT2D eigenvalue weighted by molar-refractivity contribution is 5.43. The number of nitrogens with zero attached hydrogens (tertiary/aromatic N) is 1. The van der Waals surface area contributed by atoms with Gasteiger partial charge in [0.05, 0.1) is 0 Å². The zero-order valence-corrected chi connectivity index (χ0v) is 10.5. The zero-order valence-electron chi connectivity index (χ0n) is 10.5. The van der Waals surface area contributed by atoms with Gasteiger partial charge in [-0.1, -0.05) is 0 Å². The minimum absolute atomic E-state index is 0.588. The molecule has 5 radical (unpaired) electrons. The van der Waals surface area contributed by atoms with Crippen molar-refractivity contribution in [2.24, 2.45) is 0 Å². The fourth-order valence-electron chi connectivity index (χ4n) is 2.00. The predicted octanol–water partition coefficient (Wildman–Crippen LogP) is 2.06. The lowest BCUT2D eigenvalue weighted by atomic mass is 10.0. The van der Waals surface area contributed by atoms with Gasteiger partial charge in [-0.2, -0.15) is 0 Å². The molecule has 0 atom stereocenters. The summed E-state index contributed by atoms with van der Waals surface area (Å²) < 4.78 is 0. The van der Waals surface area contributed by atoms with Crippen molar-refractivity contribution in [3.8, 4) is 0 Å². The third kappa shape index (κ3) is 3.46. The summed E-state index contributed by atoms with van der Waals surface area (Å²) in [7, 11) is 1.98. The van der Waals surface area contributed by atoms with Crippen LogP contribution in [0.25, 0.3) is 0 Å². The van der Waals surface area contributed by atoms with Crippen molar-refractivity contribution in [3.63, 3.8) is 0 Å². The van der Waals surface area contributed by atoms with Crippen LogP contribution in [-0.4, -0.2) is 30.6 Å². The summed E-state index contributed by atoms with van der Waals surface area (Å²) in [5, 5.41) is 3.23. The van der Waals surface area contributed by atoms with E-state index in [0.29, 0.717) is 12.1 Å². The molecule has 0 spiro atoms. The van der Waals surface area contributed by atoms with Crippen molar-refractivity contribution >= 4 is 0 Å². The lowest BCUT2D eigenvalue weighted by molar-refractivity contribution is 0.184. The van der Waals surface area contributed by atoms with Crippen molar-refractivity contribution in [3.05, 3.63) is 31.2 Å². The van der Waals surface area contributed by atoms with Crippen LogP contribution in [0.4, 0.5) is 0 Å². The molecule has 0 unspecified atom stereocenters. The van der Waals surface area contributed by atoms with Gasteiger partial charge in [0.2, 0.25) is 0 Å². The van der Waals surface area contributed by atoms with Crippen molar-refractivity contribution < 1.29 is 0 Å². The smallest absolute Gasteiger partial charge is 0.0484 e. The van der Waals surface area contributed by atoms with Gasteiger partial charge in [0.15, 0.2) is 0 Å². The quantitative estimate of drug-likeness (QED) is 0.742. The van der Waals surface area contributed by atoms with Gasteiger partial charge in [-0.15, -0.1) is 0 Å². The van der Waals surface area contributed by atoms with E-state index in [-0.39, 0.29) is 0 Å². The number of hydrogen-bond donors (Lipinski definition) is 1. The Kier molecular flexibility index (Phi) is 5.07. The van der Waals surface area contributed by atoms with Gasteiger partial charge in [-0.25, -0.2) is 0 Å². The monoisotopic (exact) mass is 207 g/mol. The summed E-state index contributed by atoms with van der Waals surface area (Å²) in [6.07, 6.45) is 6.44. The Labute approximate surface area is 95.4 Å². The van der Waals surface area contributed by atoms with E-state index in [1.54, 1.807) is 0 Å². The largest absolute Gasteiger partial charge is 0.312 e. The maximum absolute atomic E-state index is 3.23. The fraction of sp³-hybridized carbons (Fsp3) is 0.615. The van der Waals surface area contributed by atoms with E-state index in [9.17, 15) is 0 Å². The summed E-state index contributed by atoms with van der Waals surface area (Å²) in [5.74, 6) is 1.39. The van der Waals surface area contributed by atoms with Gasteiger partial charge in [0.25, 0.3) is 0 Å². The molecule has 0 aliphatic heterocycles. The van der Waals surface area contributed by atoms with Gasteiger partial charge in [-0.3, -0.25) is 4.90 Å². The third-order valence-electron chi connectivity index (χ3n) is 2.86. The van der Waals surface area contributed by atoms with Gasteiger partial charge in [0.1, 0.15) is 0 Å². The first-order chi connectivity index (χ1) is 7.06. The molecule has 0 amide bonds. The van der Waals surface area contributed by atoms with Crippen LogP contribution in [0, 0.1) is 31.2 Å². The Morgan fingerprint density at radius 2 is 1.73 bits per heavy atom. The molecule has 1 aliphatic rings. The molecule has 1 rings (SSSR count). The Hall–Kier alpha value is -0.0800. The van der Waals surface area contributed by atoms with Crippen molar-refractivity contribution in [1.82, 2.24) is 10.2 Å². The standard InChI is InChI=1S/C13H23N2/c1-10(2)15(11(3)4)9-12-7-6-8-13(12)14-5/h6-8,10-11,14H,9H2,1-5H3. The zero-order chi connectivity index (χ0) is 11.4. The predicted molar refractivity (Wildman–Crippen MR) is 65.4 cm³/mol. The van der Waals surface area contributed by atoms with Crippen molar-refractivity contribution in [2.45, 2.75) is 39.8 Å². The normalized spacial score (nSPS) is 20.0. The first kappa shape index (κ1) is 13.0. The molecule has 2 heteroatoms. The molecule has 0 aromatic heterocycles. The summed E-state index contributed by atoms with van der Waals surface area (Å²) in [6.45, 7) is 10.0. The van der Waals surface area contributed by atoms with Gasteiger partial charge in [0, 0.05) is 30.6 Å². The molecule has 0 heterocycles. The first-order valence-electron chi connectivity index (χ1n) is 5.74. The average molecular weight is 207 g/mol. The summed E-state index contributed by atoms with van der Waals surface area (Å²) in [4.78, 5) is 2.50. The van der Waals surface area contributed by atoms with Crippen molar-refractivity contribution in [2.75, 3.05) is 13.6 Å². The Bertz CT molecular complexity index is 169. The summed E-state index contributed by atoms with van der Waals surface area (Å²) in [5.41, 5.74) is 0. The van der Waals surface area contributed by atoms with E-state index >= 15 is 0 Å². The fourth-order valence-corrected chi connectivity index (χ4v) is 2.00. The Balaban J connectivity index is 2.50. The van der Waals surface area contributed by atoms with Crippen LogP contribution in [0.3, 0.4) is 0 Å². The van der Waals surface area contributed by atoms with Crippen LogP contribution in [0.15, 0.2) is 0 Å². The highest BCUT2D eigenvalue weighted by atomic mass is 15.2. The van der Waals surface area contributed by atoms with E-state index in [0.717, 1.165) is 6.54 Å². The Morgan fingerprint density at radius 3 is 2.20 bits per heavy atom. The van der Waals surface area contributed by atoms with E-state index in [2.05, 4.69) is 57.2 Å². The molecular weight excluding hydrogens is 184 g/mol.